The van der Waals surface area contributed by atoms with Gasteiger partial charge < -0.3 is 10.6 Å². The Kier molecular flexibility index (Phi) is 4.72. The molecule has 1 amide bonds. The maximum absolute atomic E-state index is 12.8. The van der Waals surface area contributed by atoms with Gasteiger partial charge in [0.1, 0.15) is 5.82 Å². The molecule has 2 N–H and O–H groups in total. The van der Waals surface area contributed by atoms with Crippen LogP contribution in [0.1, 0.15) is 21.7 Å². The Balaban J connectivity index is 1.72. The number of aryl methyl sites for hydroxylation is 2. The van der Waals surface area contributed by atoms with Gasteiger partial charge in [-0.15, -0.1) is 0 Å². The van der Waals surface area contributed by atoms with Crippen LogP contribution >= 0.6 is 0 Å². The summed E-state index contributed by atoms with van der Waals surface area (Å²) in [6, 6.07) is 23.3. The van der Waals surface area contributed by atoms with E-state index in [0.717, 1.165) is 27.9 Å². The standard InChI is InChI=1S/C23H20N4O/c1-15-7-5-9-17(13-15)24-21-19-11-3-4-12-20(19)26-22(27-21)23(28)25-18-10-6-8-16(2)14-18/h3-14H,1-2H3,(H,25,28)(H,24,26,27). The molecular weight excluding hydrogens is 348 g/mol. The Bertz CT molecular complexity index is 1170. The van der Waals surface area contributed by atoms with Gasteiger partial charge in [0, 0.05) is 16.8 Å². The van der Waals surface area contributed by atoms with E-state index < -0.39 is 0 Å². The molecule has 1 aromatic heterocycles. The van der Waals surface area contributed by atoms with Crippen molar-refractivity contribution < 1.29 is 4.79 Å². The molecule has 5 heteroatoms. The van der Waals surface area contributed by atoms with E-state index in [1.807, 2.05) is 86.6 Å². The topological polar surface area (TPSA) is 66.9 Å². The number of carbonyl (C=O) groups excluding carboxylic acids is 1. The number of rotatable bonds is 4. The molecule has 0 spiro atoms. The zero-order valence-electron chi connectivity index (χ0n) is 15.7. The van der Waals surface area contributed by atoms with Crippen LogP contribution in [0.3, 0.4) is 0 Å². The van der Waals surface area contributed by atoms with Crippen LogP contribution in [0.5, 0.6) is 0 Å². The van der Waals surface area contributed by atoms with Gasteiger partial charge in [0.2, 0.25) is 5.82 Å². The molecule has 4 rings (SSSR count). The van der Waals surface area contributed by atoms with Crippen molar-refractivity contribution >= 4 is 34.0 Å². The Morgan fingerprint density at radius 1 is 0.786 bits per heavy atom. The molecule has 0 aliphatic carbocycles. The molecule has 0 saturated carbocycles. The molecule has 1 heterocycles. The Hall–Kier alpha value is -3.73. The molecule has 0 bridgehead atoms. The highest BCUT2D eigenvalue weighted by atomic mass is 16.2. The van der Waals surface area contributed by atoms with E-state index in [1.54, 1.807) is 0 Å². The lowest BCUT2D eigenvalue weighted by atomic mass is 10.2. The van der Waals surface area contributed by atoms with Gasteiger partial charge in [0.05, 0.1) is 5.52 Å². The molecule has 0 aliphatic rings. The van der Waals surface area contributed by atoms with Crippen LogP contribution in [0.15, 0.2) is 72.8 Å². The quantitative estimate of drug-likeness (QED) is 0.517. The lowest BCUT2D eigenvalue weighted by Crippen LogP contribution is -2.16. The van der Waals surface area contributed by atoms with Crippen molar-refractivity contribution in [3.05, 3.63) is 89.7 Å². The first-order chi connectivity index (χ1) is 13.6. The highest BCUT2D eigenvalue weighted by Crippen LogP contribution is 2.24. The summed E-state index contributed by atoms with van der Waals surface area (Å²) in [5, 5.41) is 7.05. The van der Waals surface area contributed by atoms with Crippen LogP contribution in [-0.4, -0.2) is 15.9 Å². The molecule has 0 atom stereocenters. The molecule has 28 heavy (non-hydrogen) atoms. The fourth-order valence-electron chi connectivity index (χ4n) is 3.04. The van der Waals surface area contributed by atoms with E-state index in [9.17, 15) is 4.79 Å². The van der Waals surface area contributed by atoms with E-state index >= 15 is 0 Å². The second-order valence-corrected chi connectivity index (χ2v) is 6.73. The first-order valence-corrected chi connectivity index (χ1v) is 9.07. The second-order valence-electron chi connectivity index (χ2n) is 6.73. The molecule has 0 saturated heterocycles. The van der Waals surface area contributed by atoms with Crippen LogP contribution in [0.2, 0.25) is 0 Å². The predicted molar refractivity (Wildman–Crippen MR) is 113 cm³/mol. The van der Waals surface area contributed by atoms with E-state index in [4.69, 9.17) is 0 Å². The third kappa shape index (κ3) is 3.83. The number of fused-ring (bicyclic) bond motifs is 1. The van der Waals surface area contributed by atoms with Crippen molar-refractivity contribution in [2.45, 2.75) is 13.8 Å². The number of amides is 1. The van der Waals surface area contributed by atoms with Crippen molar-refractivity contribution in [2.75, 3.05) is 10.6 Å². The predicted octanol–water partition coefficient (Wildman–Crippen LogP) is 5.24. The van der Waals surface area contributed by atoms with Crippen molar-refractivity contribution in [2.24, 2.45) is 0 Å². The normalized spacial score (nSPS) is 10.6. The number of nitrogens with one attached hydrogen (secondary N) is 2. The van der Waals surface area contributed by atoms with Gasteiger partial charge in [-0.2, -0.15) is 0 Å². The van der Waals surface area contributed by atoms with Crippen molar-refractivity contribution in [3.8, 4) is 0 Å². The minimum Gasteiger partial charge on any atom is -0.340 e. The number of para-hydroxylation sites is 1. The van der Waals surface area contributed by atoms with Crippen molar-refractivity contribution in [3.63, 3.8) is 0 Å². The first kappa shape index (κ1) is 17.7. The highest BCUT2D eigenvalue weighted by molar-refractivity contribution is 6.04. The van der Waals surface area contributed by atoms with Gasteiger partial charge in [-0.25, -0.2) is 9.97 Å². The second kappa shape index (κ2) is 7.48. The van der Waals surface area contributed by atoms with Gasteiger partial charge in [0.25, 0.3) is 5.91 Å². The molecule has 138 valence electrons. The van der Waals surface area contributed by atoms with Gasteiger partial charge >= 0.3 is 0 Å². The monoisotopic (exact) mass is 368 g/mol. The summed E-state index contributed by atoms with van der Waals surface area (Å²) >= 11 is 0. The van der Waals surface area contributed by atoms with Crippen LogP contribution in [0.25, 0.3) is 10.9 Å². The van der Waals surface area contributed by atoms with Gasteiger partial charge in [0.15, 0.2) is 0 Å². The Morgan fingerprint density at radius 3 is 2.21 bits per heavy atom. The summed E-state index contributed by atoms with van der Waals surface area (Å²) in [5.41, 5.74) is 4.55. The number of benzene rings is 3. The number of anilines is 3. The fourth-order valence-corrected chi connectivity index (χ4v) is 3.04. The van der Waals surface area contributed by atoms with Crippen molar-refractivity contribution in [1.29, 1.82) is 0 Å². The van der Waals surface area contributed by atoms with E-state index in [2.05, 4.69) is 20.6 Å². The maximum atomic E-state index is 12.8. The van der Waals surface area contributed by atoms with Crippen LogP contribution in [-0.2, 0) is 0 Å². The average Bonchev–Trinajstić information content (AvgIpc) is 2.68. The summed E-state index contributed by atoms with van der Waals surface area (Å²) < 4.78 is 0. The first-order valence-electron chi connectivity index (χ1n) is 9.07. The number of hydrogen-bond acceptors (Lipinski definition) is 4. The largest absolute Gasteiger partial charge is 0.340 e. The molecule has 3 aromatic carbocycles. The van der Waals surface area contributed by atoms with Crippen molar-refractivity contribution in [1.82, 2.24) is 9.97 Å². The minimum absolute atomic E-state index is 0.121. The van der Waals surface area contributed by atoms with Crippen LogP contribution < -0.4 is 10.6 Å². The van der Waals surface area contributed by atoms with E-state index in [1.165, 1.54) is 0 Å². The minimum atomic E-state index is -0.344. The Labute approximate surface area is 163 Å². The smallest absolute Gasteiger partial charge is 0.293 e. The van der Waals surface area contributed by atoms with Crippen LogP contribution in [0, 0.1) is 13.8 Å². The molecule has 4 aromatic rings. The highest BCUT2D eigenvalue weighted by Gasteiger charge is 2.14. The van der Waals surface area contributed by atoms with Gasteiger partial charge in [-0.1, -0.05) is 36.4 Å². The third-order valence-electron chi connectivity index (χ3n) is 4.36. The zero-order chi connectivity index (χ0) is 19.5. The lowest BCUT2D eigenvalue weighted by molar-refractivity contribution is 0.101. The molecule has 5 nitrogen and oxygen atoms in total. The summed E-state index contributed by atoms with van der Waals surface area (Å²) in [5.74, 6) is 0.379. The van der Waals surface area contributed by atoms with E-state index in [0.29, 0.717) is 11.3 Å². The number of nitrogens with zero attached hydrogens (tertiary/aromatic N) is 2. The van der Waals surface area contributed by atoms with Crippen LogP contribution in [0.4, 0.5) is 17.2 Å². The zero-order valence-corrected chi connectivity index (χ0v) is 15.7. The van der Waals surface area contributed by atoms with E-state index in [-0.39, 0.29) is 11.7 Å². The molecule has 0 radical (unpaired) electrons. The number of hydrogen-bond donors (Lipinski definition) is 2. The SMILES string of the molecule is Cc1cccc(NC(=O)c2nc(Nc3cccc(C)c3)c3ccccc3n2)c1. The number of aromatic nitrogens is 2. The summed E-state index contributed by atoms with van der Waals surface area (Å²) in [6.45, 7) is 4.01. The van der Waals surface area contributed by atoms with Gasteiger partial charge in [-0.3, -0.25) is 4.79 Å². The molecule has 0 fully saturated rings. The molecule has 0 unspecified atom stereocenters. The summed E-state index contributed by atoms with van der Waals surface area (Å²) in [6.07, 6.45) is 0. The lowest BCUT2D eigenvalue weighted by Gasteiger charge is -2.12. The third-order valence-corrected chi connectivity index (χ3v) is 4.36. The summed E-state index contributed by atoms with van der Waals surface area (Å²) in [4.78, 5) is 21.7. The summed E-state index contributed by atoms with van der Waals surface area (Å²) in [7, 11) is 0. The Morgan fingerprint density at radius 2 is 1.46 bits per heavy atom. The number of carbonyl (C=O) groups is 1. The fraction of sp³-hybridized carbons (Fsp3) is 0.0870. The molecular formula is C23H20N4O. The molecule has 0 aliphatic heterocycles. The maximum Gasteiger partial charge on any atom is 0.293 e. The average molecular weight is 368 g/mol. The van der Waals surface area contributed by atoms with Gasteiger partial charge in [-0.05, 0) is 61.4 Å².